The molecule has 4 rings (SSSR count). The Hall–Kier alpha value is -1.72. The van der Waals surface area contributed by atoms with Gasteiger partial charge in [-0.3, -0.25) is 19.4 Å². The molecule has 0 N–H and O–H groups in total. The first-order valence-electron chi connectivity index (χ1n) is 7.55. The maximum absolute atomic E-state index is 12.3. The average molecular weight is 286 g/mol. The summed E-state index contributed by atoms with van der Waals surface area (Å²) in [7, 11) is 0. The van der Waals surface area contributed by atoms with Crippen LogP contribution in [0.15, 0.2) is 24.3 Å². The Morgan fingerprint density at radius 3 is 2.10 bits per heavy atom. The lowest BCUT2D eigenvalue weighted by Gasteiger charge is -2.32. The van der Waals surface area contributed by atoms with Gasteiger partial charge in [-0.2, -0.15) is 0 Å². The van der Waals surface area contributed by atoms with E-state index in [9.17, 15) is 9.59 Å². The van der Waals surface area contributed by atoms with Crippen molar-refractivity contribution in [1.29, 1.82) is 0 Å². The maximum atomic E-state index is 12.3. The van der Waals surface area contributed by atoms with Crippen molar-refractivity contribution in [2.75, 3.05) is 26.2 Å². The molecule has 2 fully saturated rings. The minimum absolute atomic E-state index is 0.160. The van der Waals surface area contributed by atoms with Gasteiger partial charge in [-0.25, -0.2) is 0 Å². The number of hydrogen-bond donors (Lipinski definition) is 0. The first-order chi connectivity index (χ1) is 10.2. The molecule has 2 bridgehead atoms. The molecule has 21 heavy (non-hydrogen) atoms. The van der Waals surface area contributed by atoms with Crippen LogP contribution in [0.5, 0.6) is 0 Å². The number of benzene rings is 1. The zero-order chi connectivity index (χ0) is 14.4. The van der Waals surface area contributed by atoms with Gasteiger partial charge in [-0.05, 0) is 25.0 Å². The fourth-order valence-electron chi connectivity index (χ4n) is 3.57. The summed E-state index contributed by atoms with van der Waals surface area (Å²) in [6, 6.07) is 7.05. The number of likely N-dealkylation sites (tertiary alicyclic amines) is 1. The van der Waals surface area contributed by atoms with Crippen molar-refractivity contribution in [3.63, 3.8) is 0 Å². The molecule has 0 radical (unpaired) electrons. The molecule has 5 nitrogen and oxygen atoms in total. The normalized spacial score (nSPS) is 28.3. The van der Waals surface area contributed by atoms with Crippen LogP contribution in [0, 0.1) is 0 Å². The van der Waals surface area contributed by atoms with Gasteiger partial charge in [0.05, 0.1) is 23.3 Å². The van der Waals surface area contributed by atoms with E-state index in [4.69, 9.17) is 4.74 Å². The maximum Gasteiger partial charge on any atom is 0.261 e. The molecule has 0 aromatic heterocycles. The molecule has 2 amide bonds. The van der Waals surface area contributed by atoms with Crippen molar-refractivity contribution < 1.29 is 14.3 Å². The molecular formula is C16H18N2O3. The monoisotopic (exact) mass is 286 g/mol. The highest BCUT2D eigenvalue weighted by molar-refractivity contribution is 6.21. The average Bonchev–Trinajstić information content (AvgIpc) is 2.96. The number of rotatable bonds is 3. The molecule has 110 valence electrons. The Kier molecular flexibility index (Phi) is 3.05. The highest BCUT2D eigenvalue weighted by atomic mass is 16.5. The summed E-state index contributed by atoms with van der Waals surface area (Å²) in [6.07, 6.45) is 2.94. The van der Waals surface area contributed by atoms with Gasteiger partial charge in [0.15, 0.2) is 0 Å². The van der Waals surface area contributed by atoms with E-state index in [1.165, 1.54) is 4.90 Å². The molecule has 2 unspecified atom stereocenters. The molecule has 0 saturated carbocycles. The van der Waals surface area contributed by atoms with Gasteiger partial charge in [0.2, 0.25) is 0 Å². The Bertz CT molecular complexity index is 554. The van der Waals surface area contributed by atoms with Crippen LogP contribution in [-0.4, -0.2) is 60.0 Å². The SMILES string of the molecule is O=C1c2ccccc2C(=O)N1CCN1CC2CCC(C1)O2. The lowest BCUT2D eigenvalue weighted by Crippen LogP contribution is -2.46. The highest BCUT2D eigenvalue weighted by Crippen LogP contribution is 2.27. The second-order valence-electron chi connectivity index (χ2n) is 6.02. The molecular weight excluding hydrogens is 268 g/mol. The molecule has 2 saturated heterocycles. The lowest BCUT2D eigenvalue weighted by atomic mass is 10.1. The smallest absolute Gasteiger partial charge is 0.261 e. The van der Waals surface area contributed by atoms with Crippen molar-refractivity contribution in [2.24, 2.45) is 0 Å². The topological polar surface area (TPSA) is 49.9 Å². The number of hydrogen-bond acceptors (Lipinski definition) is 4. The van der Waals surface area contributed by atoms with Crippen molar-refractivity contribution in [3.8, 4) is 0 Å². The molecule has 0 aliphatic carbocycles. The highest BCUT2D eigenvalue weighted by Gasteiger charge is 2.37. The van der Waals surface area contributed by atoms with Crippen LogP contribution in [0.25, 0.3) is 0 Å². The molecule has 5 heteroatoms. The van der Waals surface area contributed by atoms with E-state index >= 15 is 0 Å². The third-order valence-electron chi connectivity index (χ3n) is 4.64. The Balaban J connectivity index is 1.42. The van der Waals surface area contributed by atoms with Gasteiger partial charge >= 0.3 is 0 Å². The molecule has 1 aromatic carbocycles. The predicted molar refractivity (Wildman–Crippen MR) is 76.1 cm³/mol. The van der Waals surface area contributed by atoms with Crippen LogP contribution in [-0.2, 0) is 4.74 Å². The molecule has 3 heterocycles. The predicted octanol–water partition coefficient (Wildman–Crippen LogP) is 1.15. The molecule has 0 spiro atoms. The lowest BCUT2D eigenvalue weighted by molar-refractivity contribution is -0.0390. The number of fused-ring (bicyclic) bond motifs is 3. The quantitative estimate of drug-likeness (QED) is 0.782. The number of imide groups is 1. The minimum Gasteiger partial charge on any atom is -0.372 e. The summed E-state index contributed by atoms with van der Waals surface area (Å²) in [4.78, 5) is 28.3. The Labute approximate surface area is 123 Å². The molecule has 2 atom stereocenters. The number of carbonyl (C=O) groups excluding carboxylic acids is 2. The van der Waals surface area contributed by atoms with Gasteiger partial charge in [-0.15, -0.1) is 0 Å². The van der Waals surface area contributed by atoms with Gasteiger partial charge in [0, 0.05) is 26.2 Å². The number of ether oxygens (including phenoxy) is 1. The van der Waals surface area contributed by atoms with Crippen molar-refractivity contribution in [3.05, 3.63) is 35.4 Å². The van der Waals surface area contributed by atoms with Crippen molar-refractivity contribution in [2.45, 2.75) is 25.0 Å². The fourth-order valence-corrected chi connectivity index (χ4v) is 3.57. The zero-order valence-electron chi connectivity index (χ0n) is 11.8. The summed E-state index contributed by atoms with van der Waals surface area (Å²) < 4.78 is 5.80. The van der Waals surface area contributed by atoms with E-state index in [-0.39, 0.29) is 11.8 Å². The van der Waals surface area contributed by atoms with Gasteiger partial charge < -0.3 is 4.74 Å². The van der Waals surface area contributed by atoms with Gasteiger partial charge in [0.25, 0.3) is 11.8 Å². The van der Waals surface area contributed by atoms with E-state index in [1.807, 2.05) is 0 Å². The second-order valence-corrected chi connectivity index (χ2v) is 6.02. The first-order valence-corrected chi connectivity index (χ1v) is 7.55. The summed E-state index contributed by atoms with van der Waals surface area (Å²) in [5, 5.41) is 0. The number of amides is 2. The van der Waals surface area contributed by atoms with E-state index in [1.54, 1.807) is 24.3 Å². The van der Waals surface area contributed by atoms with Gasteiger partial charge in [-0.1, -0.05) is 12.1 Å². The van der Waals surface area contributed by atoms with Crippen LogP contribution >= 0.6 is 0 Å². The van der Waals surface area contributed by atoms with Crippen LogP contribution in [0.3, 0.4) is 0 Å². The molecule has 1 aromatic rings. The summed E-state index contributed by atoms with van der Waals surface area (Å²) in [6.45, 7) is 3.03. The summed E-state index contributed by atoms with van der Waals surface area (Å²) in [5.41, 5.74) is 1.06. The third-order valence-corrected chi connectivity index (χ3v) is 4.64. The largest absolute Gasteiger partial charge is 0.372 e. The van der Waals surface area contributed by atoms with Crippen LogP contribution in [0.2, 0.25) is 0 Å². The number of morpholine rings is 1. The third kappa shape index (κ3) is 2.17. The number of nitrogens with zero attached hydrogens (tertiary/aromatic N) is 2. The molecule has 3 aliphatic rings. The van der Waals surface area contributed by atoms with Crippen LogP contribution < -0.4 is 0 Å². The first kappa shape index (κ1) is 13.0. The van der Waals surface area contributed by atoms with E-state index in [0.29, 0.717) is 29.9 Å². The summed E-state index contributed by atoms with van der Waals surface area (Å²) in [5.74, 6) is -0.321. The van der Waals surface area contributed by atoms with Crippen LogP contribution in [0.4, 0.5) is 0 Å². The summed E-state index contributed by atoms with van der Waals surface area (Å²) >= 11 is 0. The minimum atomic E-state index is -0.160. The van der Waals surface area contributed by atoms with Crippen molar-refractivity contribution >= 4 is 11.8 Å². The molecule has 3 aliphatic heterocycles. The van der Waals surface area contributed by atoms with E-state index in [2.05, 4.69) is 4.90 Å². The van der Waals surface area contributed by atoms with Gasteiger partial charge in [0.1, 0.15) is 0 Å². The Morgan fingerprint density at radius 2 is 1.52 bits per heavy atom. The van der Waals surface area contributed by atoms with Crippen LogP contribution in [0.1, 0.15) is 33.6 Å². The zero-order valence-corrected chi connectivity index (χ0v) is 11.8. The van der Waals surface area contributed by atoms with E-state index < -0.39 is 0 Å². The standard InChI is InChI=1S/C16H18N2O3/c19-15-13-3-1-2-4-14(13)16(20)18(15)8-7-17-9-11-5-6-12(10-17)21-11/h1-4,11-12H,5-10H2. The second kappa shape index (κ2) is 4.93. The Morgan fingerprint density at radius 1 is 0.952 bits per heavy atom. The fraction of sp³-hybridized carbons (Fsp3) is 0.500. The van der Waals surface area contributed by atoms with E-state index in [0.717, 1.165) is 32.5 Å². The number of carbonyl (C=O) groups is 2. The van der Waals surface area contributed by atoms with Crippen molar-refractivity contribution in [1.82, 2.24) is 9.80 Å².